The summed E-state index contributed by atoms with van der Waals surface area (Å²) in [6.07, 6.45) is -0.421. The average molecular weight is 490 g/mol. The second-order valence-corrected chi connectivity index (χ2v) is 11.4. The van der Waals surface area contributed by atoms with Crippen LogP contribution in [0.1, 0.15) is 48.3 Å². The summed E-state index contributed by atoms with van der Waals surface area (Å²) in [6, 6.07) is 4.97. The Labute approximate surface area is 196 Å². The topological polar surface area (TPSA) is 83.7 Å². The number of nitrogens with zero attached hydrogens (tertiary/aromatic N) is 3. The molecule has 1 unspecified atom stereocenters. The first kappa shape index (κ1) is 24.0. The summed E-state index contributed by atoms with van der Waals surface area (Å²) >= 11 is 0. The summed E-state index contributed by atoms with van der Waals surface area (Å²) < 4.78 is 50.8. The van der Waals surface area contributed by atoms with Gasteiger partial charge >= 0.3 is 0 Å². The van der Waals surface area contributed by atoms with Gasteiger partial charge in [-0.05, 0) is 31.9 Å². The molecule has 1 aromatic carbocycles. The Bertz CT molecular complexity index is 1480. The minimum atomic E-state index is -2.92. The molecule has 1 aliphatic rings. The highest BCUT2D eigenvalue weighted by atomic mass is 32.2. The van der Waals surface area contributed by atoms with Gasteiger partial charge in [0.2, 0.25) is 0 Å². The lowest BCUT2D eigenvalue weighted by Gasteiger charge is -2.21. The highest BCUT2D eigenvalue weighted by Crippen LogP contribution is 2.31. The van der Waals surface area contributed by atoms with Crippen LogP contribution < -0.4 is 10.9 Å². The minimum Gasteiger partial charge on any atom is -0.363 e. The van der Waals surface area contributed by atoms with Crippen LogP contribution in [0.15, 0.2) is 35.1 Å². The zero-order valence-electron chi connectivity index (χ0n) is 19.2. The van der Waals surface area contributed by atoms with Crippen LogP contribution in [0, 0.1) is 17.5 Å². The first-order valence-electron chi connectivity index (χ1n) is 10.8. The van der Waals surface area contributed by atoms with Crippen LogP contribution in [-0.4, -0.2) is 31.9 Å². The van der Waals surface area contributed by atoms with Crippen molar-refractivity contribution in [3.8, 4) is 0 Å². The van der Waals surface area contributed by atoms with E-state index in [2.05, 4.69) is 21.2 Å². The van der Waals surface area contributed by atoms with Crippen molar-refractivity contribution in [3.05, 3.63) is 69.0 Å². The Kier molecular flexibility index (Phi) is 6.28. The smallest absolute Gasteiger partial charge is 0.266 e. The fourth-order valence-electron chi connectivity index (χ4n) is 4.13. The van der Waals surface area contributed by atoms with E-state index in [-0.39, 0.29) is 11.1 Å². The number of nitrogens with one attached hydrogen (secondary N) is 2. The maximum Gasteiger partial charge on any atom is 0.266 e. The van der Waals surface area contributed by atoms with Crippen molar-refractivity contribution in [2.24, 2.45) is 7.05 Å². The molecule has 10 heteroatoms. The van der Waals surface area contributed by atoms with Crippen molar-refractivity contribution < 1.29 is 13.2 Å². The number of halogens is 3. The van der Waals surface area contributed by atoms with Crippen molar-refractivity contribution in [1.29, 1.82) is 4.78 Å². The van der Waals surface area contributed by atoms with Crippen molar-refractivity contribution in [3.63, 3.8) is 0 Å². The van der Waals surface area contributed by atoms with Gasteiger partial charge in [-0.25, -0.2) is 23.1 Å². The molecule has 0 fully saturated rings. The lowest BCUT2D eigenvalue weighted by molar-refractivity contribution is 0.146. The highest BCUT2D eigenvalue weighted by Gasteiger charge is 2.22. The molecule has 0 radical (unpaired) electrons. The Morgan fingerprint density at radius 2 is 1.97 bits per heavy atom. The van der Waals surface area contributed by atoms with Gasteiger partial charge in [0.1, 0.15) is 23.1 Å². The summed E-state index contributed by atoms with van der Waals surface area (Å²) in [4.78, 5) is 22.0. The highest BCUT2D eigenvalue weighted by molar-refractivity contribution is 8.01. The molecule has 3 aromatic rings. The maximum atomic E-state index is 14.7. The van der Waals surface area contributed by atoms with Gasteiger partial charge in [-0.3, -0.25) is 14.1 Å². The molecule has 34 heavy (non-hydrogen) atoms. The predicted octanol–water partition coefficient (Wildman–Crippen LogP) is 5.02. The number of fused-ring (bicyclic) bond motifs is 1. The molecule has 0 amide bonds. The van der Waals surface area contributed by atoms with Crippen LogP contribution >= 0.6 is 0 Å². The molecule has 3 heterocycles. The number of allylic oxidation sites excluding steroid dienone is 1. The molecule has 4 rings (SSSR count). The third-order valence-electron chi connectivity index (χ3n) is 6.05. The number of alkyl halides is 2. The molecular formula is C24H26F3N5OS. The zero-order chi connectivity index (χ0) is 24.8. The van der Waals surface area contributed by atoms with Gasteiger partial charge in [0, 0.05) is 29.7 Å². The molecule has 0 saturated carbocycles. The third-order valence-corrected chi connectivity index (χ3v) is 7.84. The largest absolute Gasteiger partial charge is 0.363 e. The van der Waals surface area contributed by atoms with Crippen molar-refractivity contribution in [1.82, 2.24) is 14.5 Å². The van der Waals surface area contributed by atoms with E-state index >= 15 is 0 Å². The summed E-state index contributed by atoms with van der Waals surface area (Å²) in [5.41, 5.74) is 1.000. The number of pyridine rings is 1. The summed E-state index contributed by atoms with van der Waals surface area (Å²) in [5, 5.41) is 3.69. The number of rotatable bonds is 5. The normalized spacial score (nSPS) is 19.3. The van der Waals surface area contributed by atoms with E-state index in [4.69, 9.17) is 4.78 Å². The Hall–Kier alpha value is -3.14. The standard InChI is InChI=1S/C24H26F3N5OS/c1-13(16-6-5-7-17(20(16)25)21(26)27)29-22-19-12-18(15-8-10-34(4,28)11-9-15)24(33)32(3)23(19)31-14(2)30-22/h5-8,12-13,21,28H,4,9-11H2,1-3H3,(H,29,30,31)/t13-,34?/m1/s1. The molecule has 0 spiro atoms. The maximum absolute atomic E-state index is 14.7. The second kappa shape index (κ2) is 8.90. The molecular weight excluding hydrogens is 463 g/mol. The predicted molar refractivity (Wildman–Crippen MR) is 132 cm³/mol. The Balaban J connectivity index is 1.82. The number of hydrogen-bond acceptors (Lipinski definition) is 5. The quantitative estimate of drug-likeness (QED) is 0.493. The van der Waals surface area contributed by atoms with Gasteiger partial charge in [0.25, 0.3) is 12.0 Å². The monoisotopic (exact) mass is 489 g/mol. The van der Waals surface area contributed by atoms with E-state index in [9.17, 15) is 18.0 Å². The number of aromatic nitrogens is 3. The second-order valence-electron chi connectivity index (χ2n) is 8.59. The SMILES string of the molecule is C=S1(=N)CC=C(c2cc3c(N[C@H](C)c4cccc(C(F)F)c4F)nc(C)nc3n(C)c2=O)CC1. The number of anilines is 1. The third kappa shape index (κ3) is 4.46. The molecule has 180 valence electrons. The zero-order valence-corrected chi connectivity index (χ0v) is 20.0. The minimum absolute atomic E-state index is 0.0902. The fourth-order valence-corrected chi connectivity index (χ4v) is 5.43. The van der Waals surface area contributed by atoms with E-state index in [1.54, 1.807) is 27.0 Å². The molecule has 2 aromatic heterocycles. The van der Waals surface area contributed by atoms with Gasteiger partial charge in [0.05, 0.1) is 17.0 Å². The van der Waals surface area contributed by atoms with Gasteiger partial charge < -0.3 is 5.32 Å². The summed E-state index contributed by atoms with van der Waals surface area (Å²) in [5.74, 6) is 4.94. The van der Waals surface area contributed by atoms with Crippen molar-refractivity contribution >= 4 is 37.7 Å². The van der Waals surface area contributed by atoms with Gasteiger partial charge in [-0.15, -0.1) is 9.41 Å². The summed E-state index contributed by atoms with van der Waals surface area (Å²) in [6.45, 7) is 3.34. The Morgan fingerprint density at radius 1 is 1.26 bits per heavy atom. The molecule has 0 aliphatic carbocycles. The Morgan fingerprint density at radius 3 is 2.62 bits per heavy atom. The van der Waals surface area contributed by atoms with Crippen LogP contribution in [-0.2, 0) is 16.5 Å². The summed E-state index contributed by atoms with van der Waals surface area (Å²) in [7, 11) is -0.0451. The van der Waals surface area contributed by atoms with Crippen LogP contribution in [0.3, 0.4) is 0 Å². The lowest BCUT2D eigenvalue weighted by atomic mass is 10.0. The van der Waals surface area contributed by atoms with Gasteiger partial charge in [-0.1, -0.05) is 30.1 Å². The van der Waals surface area contributed by atoms with Crippen molar-refractivity contribution in [2.75, 3.05) is 16.8 Å². The van der Waals surface area contributed by atoms with E-state index in [0.717, 1.165) is 11.6 Å². The fraction of sp³-hybridized carbons (Fsp3) is 0.333. The molecule has 2 N–H and O–H groups in total. The van der Waals surface area contributed by atoms with E-state index in [1.165, 1.54) is 16.7 Å². The van der Waals surface area contributed by atoms with E-state index in [1.807, 2.05) is 6.08 Å². The number of benzene rings is 1. The number of aryl methyl sites for hydroxylation is 2. The van der Waals surface area contributed by atoms with Crippen LogP contribution in [0.5, 0.6) is 0 Å². The molecule has 1 aliphatic heterocycles. The molecule has 6 nitrogen and oxygen atoms in total. The molecule has 2 atom stereocenters. The molecule has 0 saturated heterocycles. The van der Waals surface area contributed by atoms with Crippen LogP contribution in [0.2, 0.25) is 0 Å². The van der Waals surface area contributed by atoms with Crippen LogP contribution in [0.25, 0.3) is 16.6 Å². The first-order chi connectivity index (χ1) is 16.0. The lowest BCUT2D eigenvalue weighted by Crippen LogP contribution is -2.24. The van der Waals surface area contributed by atoms with Crippen molar-refractivity contribution in [2.45, 2.75) is 32.7 Å². The first-order valence-corrected chi connectivity index (χ1v) is 12.9. The average Bonchev–Trinajstić information content (AvgIpc) is 2.76. The van der Waals surface area contributed by atoms with E-state index < -0.39 is 33.3 Å². The van der Waals surface area contributed by atoms with Gasteiger partial charge in [0.15, 0.2) is 0 Å². The number of hydrogen-bond donors (Lipinski definition) is 2. The van der Waals surface area contributed by atoms with Crippen LogP contribution in [0.4, 0.5) is 19.0 Å². The van der Waals surface area contributed by atoms with Gasteiger partial charge in [-0.2, -0.15) is 0 Å². The molecule has 0 bridgehead atoms. The van der Waals surface area contributed by atoms with E-state index in [0.29, 0.717) is 46.2 Å².